The average Bonchev–Trinajstić information content (AvgIpc) is 2.42. The highest BCUT2D eigenvalue weighted by atomic mass is 16.5. The van der Waals surface area contributed by atoms with Gasteiger partial charge in [-0.3, -0.25) is 0 Å². The minimum atomic E-state index is -0.464. The molecule has 5 heteroatoms. The number of rotatable bonds is 8. The van der Waals surface area contributed by atoms with Gasteiger partial charge in [0.1, 0.15) is 5.60 Å². The van der Waals surface area contributed by atoms with Gasteiger partial charge in [0.25, 0.3) is 0 Å². The van der Waals surface area contributed by atoms with E-state index in [0.717, 1.165) is 36.9 Å². The molecule has 1 heterocycles. The minimum Gasteiger partial charge on any atom is -0.383 e. The quantitative estimate of drug-likeness (QED) is 0.746. The molecule has 1 atom stereocenters. The molecule has 0 aliphatic heterocycles. The van der Waals surface area contributed by atoms with Crippen LogP contribution < -0.4 is 5.32 Å². The maximum atomic E-state index is 5.47. The fourth-order valence-electron chi connectivity index (χ4n) is 2.39. The van der Waals surface area contributed by atoms with Gasteiger partial charge in [-0.2, -0.15) is 0 Å². The van der Waals surface area contributed by atoms with Crippen molar-refractivity contribution >= 4 is 0 Å². The molecule has 0 amide bonds. The summed E-state index contributed by atoms with van der Waals surface area (Å²) in [6.07, 6.45) is 0. The van der Waals surface area contributed by atoms with E-state index in [9.17, 15) is 0 Å². The molecule has 1 aromatic rings. The van der Waals surface area contributed by atoms with Gasteiger partial charge in [-0.05, 0) is 39.2 Å². The zero-order valence-electron chi connectivity index (χ0n) is 14.4. The van der Waals surface area contributed by atoms with Gasteiger partial charge in [-0.25, -0.2) is 9.97 Å². The van der Waals surface area contributed by atoms with Crippen molar-refractivity contribution in [2.45, 2.75) is 46.1 Å². The zero-order valence-corrected chi connectivity index (χ0v) is 14.4. The van der Waals surface area contributed by atoms with Gasteiger partial charge in [0.05, 0.1) is 6.61 Å². The molecule has 120 valence electrons. The minimum absolute atomic E-state index is 0.363. The van der Waals surface area contributed by atoms with Crippen LogP contribution in [0.15, 0.2) is 0 Å². The lowest BCUT2D eigenvalue weighted by atomic mass is 9.97. The summed E-state index contributed by atoms with van der Waals surface area (Å²) in [4.78, 5) is 9.31. The standard InChI is InChI=1S/C16H29N3O2/c1-11(10-17-8-9-20-6)14-12(2)18-15(19-13(14)3)16(4,5)21-7/h11,17H,8-10H2,1-7H3. The Balaban J connectivity index is 2.89. The average molecular weight is 295 g/mol. The first-order valence-corrected chi connectivity index (χ1v) is 7.44. The van der Waals surface area contributed by atoms with E-state index in [2.05, 4.69) is 22.2 Å². The predicted molar refractivity (Wildman–Crippen MR) is 84.7 cm³/mol. The van der Waals surface area contributed by atoms with E-state index in [0.29, 0.717) is 5.92 Å². The number of aryl methyl sites for hydroxylation is 2. The lowest BCUT2D eigenvalue weighted by Crippen LogP contribution is -2.27. The Hall–Kier alpha value is -1.04. The molecule has 0 aliphatic carbocycles. The first-order valence-electron chi connectivity index (χ1n) is 7.44. The first kappa shape index (κ1) is 18.0. The summed E-state index contributed by atoms with van der Waals surface area (Å²) in [5.74, 6) is 1.10. The van der Waals surface area contributed by atoms with Crippen molar-refractivity contribution in [3.63, 3.8) is 0 Å². The largest absolute Gasteiger partial charge is 0.383 e. The van der Waals surface area contributed by atoms with Crippen molar-refractivity contribution in [2.75, 3.05) is 33.9 Å². The highest BCUT2D eigenvalue weighted by Crippen LogP contribution is 2.26. The maximum absolute atomic E-state index is 5.47. The molecule has 0 radical (unpaired) electrons. The second-order valence-electron chi connectivity index (χ2n) is 5.94. The van der Waals surface area contributed by atoms with Crippen LogP contribution in [0.25, 0.3) is 0 Å². The van der Waals surface area contributed by atoms with Crippen LogP contribution in [0.2, 0.25) is 0 Å². The Morgan fingerprint density at radius 2 is 1.71 bits per heavy atom. The topological polar surface area (TPSA) is 56.3 Å². The Bertz CT molecular complexity index is 438. The van der Waals surface area contributed by atoms with Gasteiger partial charge in [-0.15, -0.1) is 0 Å². The molecule has 0 fully saturated rings. The summed E-state index contributed by atoms with van der Waals surface area (Å²) in [5.41, 5.74) is 2.82. The summed E-state index contributed by atoms with van der Waals surface area (Å²) in [6, 6.07) is 0. The van der Waals surface area contributed by atoms with Crippen molar-refractivity contribution in [2.24, 2.45) is 0 Å². The van der Waals surface area contributed by atoms with Crippen molar-refractivity contribution in [1.29, 1.82) is 0 Å². The number of methoxy groups -OCH3 is 2. The van der Waals surface area contributed by atoms with Crippen LogP contribution in [0.5, 0.6) is 0 Å². The van der Waals surface area contributed by atoms with Crippen LogP contribution in [0.4, 0.5) is 0 Å². The normalized spacial score (nSPS) is 13.5. The monoisotopic (exact) mass is 295 g/mol. The molecule has 0 aromatic carbocycles. The van der Waals surface area contributed by atoms with E-state index < -0.39 is 5.60 Å². The molecule has 21 heavy (non-hydrogen) atoms. The van der Waals surface area contributed by atoms with Crippen LogP contribution in [0.1, 0.15) is 49.5 Å². The summed E-state index contributed by atoms with van der Waals surface area (Å²) < 4.78 is 10.5. The van der Waals surface area contributed by atoms with Crippen molar-refractivity contribution in [1.82, 2.24) is 15.3 Å². The number of nitrogens with one attached hydrogen (secondary N) is 1. The summed E-state index contributed by atoms with van der Waals surface area (Å²) in [5, 5.41) is 3.39. The number of nitrogens with zero attached hydrogens (tertiary/aromatic N) is 2. The zero-order chi connectivity index (χ0) is 16.0. The van der Waals surface area contributed by atoms with Crippen LogP contribution >= 0.6 is 0 Å². The van der Waals surface area contributed by atoms with Gasteiger partial charge in [0.2, 0.25) is 0 Å². The molecule has 5 nitrogen and oxygen atoms in total. The van der Waals surface area contributed by atoms with Gasteiger partial charge in [-0.1, -0.05) is 6.92 Å². The molecule has 1 rings (SSSR count). The van der Waals surface area contributed by atoms with Crippen LogP contribution in [-0.4, -0.2) is 43.9 Å². The summed E-state index contributed by atoms with van der Waals surface area (Å²) >= 11 is 0. The van der Waals surface area contributed by atoms with Gasteiger partial charge < -0.3 is 14.8 Å². The highest BCUT2D eigenvalue weighted by molar-refractivity contribution is 5.29. The molecule has 1 aromatic heterocycles. The van der Waals surface area contributed by atoms with E-state index in [1.165, 1.54) is 5.56 Å². The smallest absolute Gasteiger partial charge is 0.160 e. The highest BCUT2D eigenvalue weighted by Gasteiger charge is 2.25. The molecule has 0 aliphatic rings. The fraction of sp³-hybridized carbons (Fsp3) is 0.750. The van der Waals surface area contributed by atoms with Gasteiger partial charge in [0, 0.05) is 38.7 Å². The van der Waals surface area contributed by atoms with Crippen LogP contribution in [-0.2, 0) is 15.1 Å². The predicted octanol–water partition coefficient (Wildman–Crippen LogP) is 2.31. The Kier molecular flexibility index (Phi) is 6.71. The number of hydrogen-bond acceptors (Lipinski definition) is 5. The van der Waals surface area contributed by atoms with Crippen molar-refractivity contribution in [3.8, 4) is 0 Å². The first-order chi connectivity index (χ1) is 9.83. The third-order valence-electron chi connectivity index (χ3n) is 3.80. The third kappa shape index (κ3) is 4.73. The summed E-state index contributed by atoms with van der Waals surface area (Å²) in [6.45, 7) is 12.7. The Morgan fingerprint density at radius 3 is 2.19 bits per heavy atom. The SMILES string of the molecule is COCCNCC(C)c1c(C)nc(C(C)(C)OC)nc1C. The molecule has 0 bridgehead atoms. The molecule has 0 saturated carbocycles. The van der Waals surface area contributed by atoms with E-state index >= 15 is 0 Å². The molecular weight excluding hydrogens is 266 g/mol. The van der Waals surface area contributed by atoms with Crippen LogP contribution in [0.3, 0.4) is 0 Å². The lowest BCUT2D eigenvalue weighted by molar-refractivity contribution is 0.0111. The van der Waals surface area contributed by atoms with Gasteiger partial charge in [0.15, 0.2) is 5.82 Å². The number of aromatic nitrogens is 2. The molecule has 0 spiro atoms. The van der Waals surface area contributed by atoms with Crippen molar-refractivity contribution in [3.05, 3.63) is 22.8 Å². The van der Waals surface area contributed by atoms with E-state index in [1.54, 1.807) is 14.2 Å². The fourth-order valence-corrected chi connectivity index (χ4v) is 2.39. The maximum Gasteiger partial charge on any atom is 0.160 e. The van der Waals surface area contributed by atoms with Gasteiger partial charge >= 0.3 is 0 Å². The third-order valence-corrected chi connectivity index (χ3v) is 3.80. The van der Waals surface area contributed by atoms with Crippen molar-refractivity contribution < 1.29 is 9.47 Å². The van der Waals surface area contributed by atoms with E-state index in [4.69, 9.17) is 9.47 Å². The second kappa shape index (κ2) is 7.82. The Labute approximate surface area is 128 Å². The van der Waals surface area contributed by atoms with E-state index in [1.807, 2.05) is 27.7 Å². The second-order valence-corrected chi connectivity index (χ2v) is 5.94. The molecule has 1 N–H and O–H groups in total. The van der Waals surface area contributed by atoms with E-state index in [-0.39, 0.29) is 0 Å². The number of ether oxygens (including phenoxy) is 2. The number of hydrogen-bond donors (Lipinski definition) is 1. The molecular formula is C16H29N3O2. The molecule has 0 saturated heterocycles. The summed E-state index contributed by atoms with van der Waals surface area (Å²) in [7, 11) is 3.40. The lowest BCUT2D eigenvalue weighted by Gasteiger charge is -2.24. The van der Waals surface area contributed by atoms with Crippen LogP contribution in [0, 0.1) is 13.8 Å². The Morgan fingerprint density at radius 1 is 1.14 bits per heavy atom. The molecule has 1 unspecified atom stereocenters.